The van der Waals surface area contributed by atoms with E-state index in [4.69, 9.17) is 0 Å². The van der Waals surface area contributed by atoms with Crippen molar-refractivity contribution in [3.63, 3.8) is 0 Å². The molecular formula is C18H22N2O2. The number of Topliss-reactive ketones (excluding diaryl/α,β-unsaturated/α-hetero) is 2. The highest BCUT2D eigenvalue weighted by molar-refractivity contribution is 6.03. The number of carbonyl (C=O) groups excluding carboxylic acids is 2. The van der Waals surface area contributed by atoms with Crippen LogP contribution in [-0.2, 0) is 9.59 Å². The molecule has 0 aromatic rings. The quantitative estimate of drug-likeness (QED) is 0.744. The van der Waals surface area contributed by atoms with Crippen LogP contribution in [0, 0.1) is 51.2 Å². The van der Waals surface area contributed by atoms with E-state index in [0.29, 0.717) is 6.42 Å². The molecule has 2 unspecified atom stereocenters. The Balaban J connectivity index is 2.38. The second kappa shape index (κ2) is 5.36. The van der Waals surface area contributed by atoms with Gasteiger partial charge in [0.25, 0.3) is 0 Å². The van der Waals surface area contributed by atoms with Gasteiger partial charge in [0.15, 0.2) is 11.6 Å². The van der Waals surface area contributed by atoms with Gasteiger partial charge >= 0.3 is 0 Å². The number of nitrogens with zero attached hydrogens (tertiary/aromatic N) is 2. The van der Waals surface area contributed by atoms with Gasteiger partial charge in [-0.1, -0.05) is 33.8 Å². The number of hydrogen-bond acceptors (Lipinski definition) is 4. The molecule has 0 bridgehead atoms. The topological polar surface area (TPSA) is 81.7 Å². The van der Waals surface area contributed by atoms with Crippen molar-refractivity contribution in [3.8, 4) is 12.1 Å². The van der Waals surface area contributed by atoms with Crippen LogP contribution in [0.3, 0.4) is 0 Å². The molecule has 0 spiro atoms. The van der Waals surface area contributed by atoms with E-state index >= 15 is 0 Å². The first kappa shape index (κ1) is 16.4. The molecule has 1 fully saturated rings. The summed E-state index contributed by atoms with van der Waals surface area (Å²) < 4.78 is 0. The SMILES string of the molecule is CC1(C)CC(C2CCC(C)(C)C(=O)[C@H]2C#N)C=C(C#N)C1=O. The number of rotatable bonds is 1. The Morgan fingerprint density at radius 3 is 2.32 bits per heavy atom. The van der Waals surface area contributed by atoms with Crippen molar-refractivity contribution in [1.82, 2.24) is 0 Å². The first-order valence-corrected chi connectivity index (χ1v) is 7.75. The first-order valence-electron chi connectivity index (χ1n) is 7.75. The van der Waals surface area contributed by atoms with Crippen molar-refractivity contribution >= 4 is 11.6 Å². The summed E-state index contributed by atoms with van der Waals surface area (Å²) in [4.78, 5) is 24.7. The van der Waals surface area contributed by atoms with Crippen molar-refractivity contribution in [3.05, 3.63) is 11.6 Å². The first-order chi connectivity index (χ1) is 10.1. The average Bonchev–Trinajstić information content (AvgIpc) is 2.44. The lowest BCUT2D eigenvalue weighted by Gasteiger charge is -2.42. The van der Waals surface area contributed by atoms with Gasteiger partial charge in [-0.3, -0.25) is 9.59 Å². The van der Waals surface area contributed by atoms with Gasteiger partial charge in [0.2, 0.25) is 0 Å². The number of allylic oxidation sites excluding steroid dienone is 2. The van der Waals surface area contributed by atoms with Crippen molar-refractivity contribution in [1.29, 1.82) is 10.5 Å². The molecule has 2 aliphatic carbocycles. The normalized spacial score (nSPS) is 33.5. The summed E-state index contributed by atoms with van der Waals surface area (Å²) in [6.07, 6.45) is 3.82. The van der Waals surface area contributed by atoms with Gasteiger partial charge in [0.1, 0.15) is 12.0 Å². The van der Waals surface area contributed by atoms with E-state index in [9.17, 15) is 20.1 Å². The Morgan fingerprint density at radius 2 is 1.77 bits per heavy atom. The van der Waals surface area contributed by atoms with Crippen LogP contribution in [0.25, 0.3) is 0 Å². The molecule has 0 aromatic heterocycles. The van der Waals surface area contributed by atoms with E-state index in [1.807, 2.05) is 33.8 Å². The molecule has 4 heteroatoms. The lowest BCUT2D eigenvalue weighted by molar-refractivity contribution is -0.135. The van der Waals surface area contributed by atoms with Crippen molar-refractivity contribution < 1.29 is 9.59 Å². The monoisotopic (exact) mass is 298 g/mol. The van der Waals surface area contributed by atoms with Gasteiger partial charge in [0.05, 0.1) is 11.6 Å². The summed E-state index contributed by atoms with van der Waals surface area (Å²) in [5, 5.41) is 18.7. The predicted octanol–water partition coefficient (Wildman–Crippen LogP) is 3.20. The van der Waals surface area contributed by atoms with Crippen LogP contribution in [0.2, 0.25) is 0 Å². The van der Waals surface area contributed by atoms with Gasteiger partial charge in [-0.05, 0) is 31.1 Å². The Bertz CT molecular complexity index is 628. The van der Waals surface area contributed by atoms with Crippen molar-refractivity contribution in [2.24, 2.45) is 28.6 Å². The highest BCUT2D eigenvalue weighted by atomic mass is 16.1. The van der Waals surface area contributed by atoms with Gasteiger partial charge in [-0.25, -0.2) is 0 Å². The lowest BCUT2D eigenvalue weighted by Crippen LogP contribution is -2.44. The highest BCUT2D eigenvalue weighted by Gasteiger charge is 2.48. The summed E-state index contributed by atoms with van der Waals surface area (Å²) in [5.41, 5.74) is -0.894. The number of carbonyl (C=O) groups is 2. The molecule has 0 saturated heterocycles. The van der Waals surface area contributed by atoms with Crippen LogP contribution in [-0.4, -0.2) is 11.6 Å². The summed E-state index contributed by atoms with van der Waals surface area (Å²) in [6, 6.07) is 4.16. The molecular weight excluding hydrogens is 276 g/mol. The molecule has 2 rings (SSSR count). The lowest BCUT2D eigenvalue weighted by atomic mass is 9.59. The minimum atomic E-state index is -0.644. The maximum atomic E-state index is 12.5. The molecule has 4 nitrogen and oxygen atoms in total. The number of hydrogen-bond donors (Lipinski definition) is 0. The highest BCUT2D eigenvalue weighted by Crippen LogP contribution is 2.47. The van der Waals surface area contributed by atoms with Crippen LogP contribution < -0.4 is 0 Å². The van der Waals surface area contributed by atoms with Gasteiger partial charge in [-0.2, -0.15) is 10.5 Å². The summed E-state index contributed by atoms with van der Waals surface area (Å²) in [5.74, 6) is -0.947. The van der Waals surface area contributed by atoms with E-state index in [1.54, 1.807) is 6.08 Å². The molecule has 3 atom stereocenters. The van der Waals surface area contributed by atoms with E-state index in [0.717, 1.165) is 12.8 Å². The largest absolute Gasteiger partial charge is 0.298 e. The van der Waals surface area contributed by atoms with Gasteiger partial charge in [-0.15, -0.1) is 0 Å². The number of ketones is 2. The number of nitriles is 2. The van der Waals surface area contributed by atoms with E-state index in [-0.39, 0.29) is 29.0 Å². The van der Waals surface area contributed by atoms with Crippen LogP contribution >= 0.6 is 0 Å². The van der Waals surface area contributed by atoms with E-state index in [2.05, 4.69) is 6.07 Å². The third kappa shape index (κ3) is 2.59. The average molecular weight is 298 g/mol. The Hall–Kier alpha value is -1.94. The second-order valence-corrected chi connectivity index (χ2v) is 7.83. The second-order valence-electron chi connectivity index (χ2n) is 7.83. The summed E-state index contributed by atoms with van der Waals surface area (Å²) in [7, 11) is 0. The third-order valence-electron chi connectivity index (χ3n) is 5.28. The molecule has 0 heterocycles. The fourth-order valence-electron chi connectivity index (χ4n) is 3.81. The van der Waals surface area contributed by atoms with Crippen LogP contribution in [0.4, 0.5) is 0 Å². The Kier molecular flexibility index (Phi) is 4.00. The molecule has 0 N–H and O–H groups in total. The zero-order chi connectivity index (χ0) is 16.7. The predicted molar refractivity (Wildman–Crippen MR) is 81.2 cm³/mol. The molecule has 22 heavy (non-hydrogen) atoms. The molecule has 0 aromatic carbocycles. The van der Waals surface area contributed by atoms with Crippen LogP contribution in [0.15, 0.2) is 11.6 Å². The molecule has 2 aliphatic rings. The smallest absolute Gasteiger partial charge is 0.178 e. The molecule has 0 aliphatic heterocycles. The van der Waals surface area contributed by atoms with E-state index in [1.165, 1.54) is 0 Å². The van der Waals surface area contributed by atoms with Crippen molar-refractivity contribution in [2.75, 3.05) is 0 Å². The minimum Gasteiger partial charge on any atom is -0.298 e. The summed E-state index contributed by atoms with van der Waals surface area (Å²) in [6.45, 7) is 7.45. The minimum absolute atomic E-state index is 0.00661. The summed E-state index contributed by atoms with van der Waals surface area (Å²) >= 11 is 0. The Morgan fingerprint density at radius 1 is 1.14 bits per heavy atom. The molecule has 116 valence electrons. The maximum Gasteiger partial charge on any atom is 0.178 e. The zero-order valence-electron chi connectivity index (χ0n) is 13.6. The fourth-order valence-corrected chi connectivity index (χ4v) is 3.81. The molecule has 0 amide bonds. The van der Waals surface area contributed by atoms with Gasteiger partial charge < -0.3 is 0 Å². The van der Waals surface area contributed by atoms with Gasteiger partial charge in [0, 0.05) is 10.8 Å². The molecule has 1 saturated carbocycles. The maximum absolute atomic E-state index is 12.5. The fraction of sp³-hybridized carbons (Fsp3) is 0.667. The Labute approximate surface area is 131 Å². The third-order valence-corrected chi connectivity index (χ3v) is 5.28. The molecule has 0 radical (unpaired) electrons. The van der Waals surface area contributed by atoms with Crippen LogP contribution in [0.1, 0.15) is 47.0 Å². The standard InChI is InChI=1S/C18H22N2O2/c1-17(2)6-5-13(14(10-20)16(17)22)11-7-12(9-19)15(21)18(3,4)8-11/h7,11,13-14H,5-6,8H2,1-4H3/t11?,13?,14-/m0/s1. The zero-order valence-corrected chi connectivity index (χ0v) is 13.6. The van der Waals surface area contributed by atoms with Crippen molar-refractivity contribution in [2.45, 2.75) is 47.0 Å². The van der Waals surface area contributed by atoms with E-state index < -0.39 is 16.7 Å². The van der Waals surface area contributed by atoms with Crippen LogP contribution in [0.5, 0.6) is 0 Å².